The van der Waals surface area contributed by atoms with E-state index >= 15 is 0 Å². The van der Waals surface area contributed by atoms with E-state index in [-0.39, 0.29) is 12.2 Å². The third-order valence-corrected chi connectivity index (χ3v) is 1.46. The van der Waals surface area contributed by atoms with E-state index in [0.717, 1.165) is 0 Å². The number of pyridine rings is 1. The molecule has 0 saturated carbocycles. The van der Waals surface area contributed by atoms with Crippen LogP contribution in [0.3, 0.4) is 0 Å². The highest BCUT2D eigenvalue weighted by molar-refractivity contribution is 6.40. The van der Waals surface area contributed by atoms with Crippen LogP contribution in [0.1, 0.15) is 17.3 Å². The van der Waals surface area contributed by atoms with E-state index in [9.17, 15) is 14.0 Å². The van der Waals surface area contributed by atoms with Crippen molar-refractivity contribution in [3.05, 3.63) is 29.8 Å². The summed E-state index contributed by atoms with van der Waals surface area (Å²) in [4.78, 5) is 25.4. The zero-order valence-electron chi connectivity index (χ0n) is 7.49. The number of carbonyl (C=O) groups excluding carboxylic acids is 2. The van der Waals surface area contributed by atoms with Crippen molar-refractivity contribution in [3.63, 3.8) is 0 Å². The molecular weight excluding hydrogens is 189 g/mol. The Labute approximate surface area is 79.7 Å². The Morgan fingerprint density at radius 3 is 2.86 bits per heavy atom. The van der Waals surface area contributed by atoms with Crippen molar-refractivity contribution in [2.24, 2.45) is 0 Å². The highest BCUT2D eigenvalue weighted by Gasteiger charge is 2.21. The molecule has 0 fully saturated rings. The van der Waals surface area contributed by atoms with Gasteiger partial charge in [-0.05, 0) is 19.1 Å². The third-order valence-electron chi connectivity index (χ3n) is 1.46. The standard InChI is InChI=1S/C9H8FNO3/c1-2-14-9(13)7(12)6-4-3-5-11-8(6)10/h3-5H,2H2,1H3. The van der Waals surface area contributed by atoms with Crippen molar-refractivity contribution >= 4 is 11.8 Å². The van der Waals surface area contributed by atoms with Crippen molar-refractivity contribution in [1.29, 1.82) is 0 Å². The molecule has 0 atom stereocenters. The summed E-state index contributed by atoms with van der Waals surface area (Å²) in [7, 11) is 0. The molecule has 0 radical (unpaired) electrons. The van der Waals surface area contributed by atoms with Crippen LogP contribution in [-0.4, -0.2) is 23.3 Å². The number of hydrogen-bond acceptors (Lipinski definition) is 4. The van der Waals surface area contributed by atoms with Gasteiger partial charge in [0.05, 0.1) is 12.2 Å². The van der Waals surface area contributed by atoms with Crippen molar-refractivity contribution in [2.45, 2.75) is 6.92 Å². The maximum atomic E-state index is 12.9. The first kappa shape index (κ1) is 10.3. The van der Waals surface area contributed by atoms with Gasteiger partial charge >= 0.3 is 5.97 Å². The van der Waals surface area contributed by atoms with Crippen LogP contribution in [0, 0.1) is 5.95 Å². The zero-order valence-corrected chi connectivity index (χ0v) is 7.49. The minimum Gasteiger partial charge on any atom is -0.460 e. The Kier molecular flexibility index (Phi) is 3.28. The summed E-state index contributed by atoms with van der Waals surface area (Å²) in [5.41, 5.74) is -0.369. The fourth-order valence-electron chi connectivity index (χ4n) is 0.862. The van der Waals surface area contributed by atoms with Gasteiger partial charge in [-0.25, -0.2) is 9.78 Å². The summed E-state index contributed by atoms with van der Waals surface area (Å²) in [5.74, 6) is -3.05. The number of Topliss-reactive ketones (excluding diaryl/α,β-unsaturated/α-hetero) is 1. The minimum absolute atomic E-state index is 0.0758. The molecule has 0 aliphatic heterocycles. The monoisotopic (exact) mass is 197 g/mol. The molecule has 0 saturated heterocycles. The molecule has 1 heterocycles. The molecule has 0 unspecified atom stereocenters. The smallest absolute Gasteiger partial charge is 0.379 e. The summed E-state index contributed by atoms with van der Waals surface area (Å²) in [5, 5.41) is 0. The van der Waals surface area contributed by atoms with E-state index in [0.29, 0.717) is 0 Å². The van der Waals surface area contributed by atoms with E-state index < -0.39 is 17.7 Å². The lowest BCUT2D eigenvalue weighted by Gasteiger charge is -2.00. The maximum absolute atomic E-state index is 12.9. The van der Waals surface area contributed by atoms with E-state index in [1.54, 1.807) is 6.92 Å². The van der Waals surface area contributed by atoms with Crippen LogP contribution in [0.4, 0.5) is 4.39 Å². The van der Waals surface area contributed by atoms with Crippen LogP contribution in [0.5, 0.6) is 0 Å². The largest absolute Gasteiger partial charge is 0.460 e. The molecule has 0 amide bonds. The molecule has 14 heavy (non-hydrogen) atoms. The summed E-state index contributed by atoms with van der Waals surface area (Å²) in [6, 6.07) is 2.55. The number of aromatic nitrogens is 1. The minimum atomic E-state index is -1.07. The number of esters is 1. The number of hydrogen-bond donors (Lipinski definition) is 0. The molecule has 0 bridgehead atoms. The van der Waals surface area contributed by atoms with Crippen LogP contribution in [-0.2, 0) is 9.53 Å². The predicted molar refractivity (Wildman–Crippen MR) is 45.2 cm³/mol. The Morgan fingerprint density at radius 2 is 2.29 bits per heavy atom. The third kappa shape index (κ3) is 2.12. The lowest BCUT2D eigenvalue weighted by atomic mass is 10.2. The highest BCUT2D eigenvalue weighted by Crippen LogP contribution is 2.05. The van der Waals surface area contributed by atoms with Gasteiger partial charge in [0.15, 0.2) is 0 Å². The van der Waals surface area contributed by atoms with Crippen LogP contribution in [0.15, 0.2) is 18.3 Å². The second kappa shape index (κ2) is 4.45. The van der Waals surface area contributed by atoms with Gasteiger partial charge in [0, 0.05) is 6.20 Å². The SMILES string of the molecule is CCOC(=O)C(=O)c1cccnc1F. The predicted octanol–water partition coefficient (Wildman–Crippen LogP) is 0.967. The molecule has 0 spiro atoms. The average Bonchev–Trinajstić information content (AvgIpc) is 2.18. The van der Waals surface area contributed by atoms with E-state index in [4.69, 9.17) is 0 Å². The van der Waals surface area contributed by atoms with Gasteiger partial charge in [0.25, 0.3) is 5.78 Å². The molecule has 74 valence electrons. The number of ketones is 1. The number of carbonyl (C=O) groups is 2. The second-order valence-electron chi connectivity index (χ2n) is 2.39. The Bertz CT molecular complexity index is 365. The summed E-state index contributed by atoms with van der Waals surface area (Å²) in [6.07, 6.45) is 1.19. The van der Waals surface area contributed by atoms with E-state index in [1.165, 1.54) is 18.3 Å². The fourth-order valence-corrected chi connectivity index (χ4v) is 0.862. The van der Waals surface area contributed by atoms with Crippen LogP contribution in [0.25, 0.3) is 0 Å². The molecule has 0 aliphatic rings. The van der Waals surface area contributed by atoms with Gasteiger partial charge in [0.1, 0.15) is 0 Å². The molecule has 4 nitrogen and oxygen atoms in total. The fraction of sp³-hybridized carbons (Fsp3) is 0.222. The normalized spacial score (nSPS) is 9.57. The molecule has 0 aromatic carbocycles. The van der Waals surface area contributed by atoms with Gasteiger partial charge < -0.3 is 4.74 Å². The summed E-state index contributed by atoms with van der Waals surface area (Å²) >= 11 is 0. The molecule has 0 aliphatic carbocycles. The lowest BCUT2D eigenvalue weighted by Crippen LogP contribution is -2.19. The molecule has 5 heteroatoms. The molecular formula is C9H8FNO3. The Hall–Kier alpha value is -1.78. The lowest BCUT2D eigenvalue weighted by molar-refractivity contribution is -0.137. The van der Waals surface area contributed by atoms with Crippen molar-refractivity contribution in [1.82, 2.24) is 4.98 Å². The first-order chi connectivity index (χ1) is 6.66. The van der Waals surface area contributed by atoms with E-state index in [2.05, 4.69) is 9.72 Å². The van der Waals surface area contributed by atoms with Gasteiger partial charge in [-0.3, -0.25) is 4.79 Å². The maximum Gasteiger partial charge on any atom is 0.379 e. The van der Waals surface area contributed by atoms with Gasteiger partial charge in [-0.2, -0.15) is 4.39 Å². The quantitative estimate of drug-likeness (QED) is 0.313. The zero-order chi connectivity index (χ0) is 10.6. The highest BCUT2D eigenvalue weighted by atomic mass is 19.1. The average molecular weight is 197 g/mol. The number of ether oxygens (including phenoxy) is 1. The molecule has 0 N–H and O–H groups in total. The molecule has 1 aromatic heterocycles. The van der Waals surface area contributed by atoms with Gasteiger partial charge in [-0.1, -0.05) is 0 Å². The van der Waals surface area contributed by atoms with Crippen LogP contribution < -0.4 is 0 Å². The van der Waals surface area contributed by atoms with Crippen molar-refractivity contribution in [3.8, 4) is 0 Å². The van der Waals surface area contributed by atoms with Crippen LogP contribution in [0.2, 0.25) is 0 Å². The molecule has 1 rings (SSSR count). The Balaban J connectivity index is 2.90. The van der Waals surface area contributed by atoms with Gasteiger partial charge in [0.2, 0.25) is 5.95 Å². The Morgan fingerprint density at radius 1 is 1.57 bits per heavy atom. The molecule has 1 aromatic rings. The summed E-state index contributed by atoms with van der Waals surface area (Å²) in [6.45, 7) is 1.64. The van der Waals surface area contributed by atoms with Gasteiger partial charge in [-0.15, -0.1) is 0 Å². The number of halogens is 1. The number of rotatable bonds is 3. The van der Waals surface area contributed by atoms with E-state index in [1.807, 2.05) is 0 Å². The number of nitrogens with zero attached hydrogens (tertiary/aromatic N) is 1. The second-order valence-corrected chi connectivity index (χ2v) is 2.39. The summed E-state index contributed by atoms with van der Waals surface area (Å²) < 4.78 is 17.3. The van der Waals surface area contributed by atoms with Crippen LogP contribution >= 0.6 is 0 Å². The first-order valence-electron chi connectivity index (χ1n) is 3.98. The van der Waals surface area contributed by atoms with Crippen molar-refractivity contribution in [2.75, 3.05) is 6.61 Å². The van der Waals surface area contributed by atoms with Crippen molar-refractivity contribution < 1.29 is 18.7 Å². The first-order valence-corrected chi connectivity index (χ1v) is 3.98. The topological polar surface area (TPSA) is 56.3 Å².